The van der Waals surface area contributed by atoms with Crippen LogP contribution in [0.4, 0.5) is 4.79 Å². The minimum absolute atomic E-state index is 0.0689. The Kier molecular flexibility index (Phi) is 5.84. The first-order chi connectivity index (χ1) is 12.1. The highest BCUT2D eigenvalue weighted by molar-refractivity contribution is 5.74. The average Bonchev–Trinajstić information content (AvgIpc) is 2.79. The predicted molar refractivity (Wildman–Crippen MR) is 99.8 cm³/mol. The van der Waals surface area contributed by atoms with Crippen LogP contribution < -0.4 is 5.32 Å². The van der Waals surface area contributed by atoms with E-state index in [-0.39, 0.29) is 11.8 Å². The van der Waals surface area contributed by atoms with Crippen molar-refractivity contribution in [2.75, 3.05) is 39.8 Å². The number of urea groups is 1. The Morgan fingerprint density at radius 3 is 2.48 bits per heavy atom. The zero-order chi connectivity index (χ0) is 17.7. The molecule has 3 rings (SSSR count). The van der Waals surface area contributed by atoms with Crippen molar-refractivity contribution in [1.82, 2.24) is 15.1 Å². The second-order valence-corrected chi connectivity index (χ2v) is 7.79. The Morgan fingerprint density at radius 2 is 1.76 bits per heavy atom. The van der Waals surface area contributed by atoms with Crippen molar-refractivity contribution in [1.29, 1.82) is 0 Å². The molecule has 0 radical (unpaired) electrons. The van der Waals surface area contributed by atoms with Crippen LogP contribution in [0.1, 0.15) is 37.7 Å². The number of piperidine rings is 1. The molecule has 2 aliphatic rings. The van der Waals surface area contributed by atoms with Crippen LogP contribution in [-0.2, 0) is 6.42 Å². The molecule has 2 heterocycles. The summed E-state index contributed by atoms with van der Waals surface area (Å²) in [5.74, 6) is 0.278. The van der Waals surface area contributed by atoms with Crippen LogP contribution in [0.3, 0.4) is 0 Å². The van der Waals surface area contributed by atoms with Crippen molar-refractivity contribution < 1.29 is 9.90 Å². The third kappa shape index (κ3) is 4.88. The Morgan fingerprint density at radius 1 is 1.08 bits per heavy atom. The molecule has 5 nitrogen and oxygen atoms in total. The number of nitrogens with one attached hydrogen (secondary N) is 1. The summed E-state index contributed by atoms with van der Waals surface area (Å²) in [6.07, 6.45) is 6.96. The van der Waals surface area contributed by atoms with Crippen molar-refractivity contribution in [3.8, 4) is 5.75 Å². The molecule has 0 aromatic heterocycles. The molecular formula is C20H31N3O2. The summed E-state index contributed by atoms with van der Waals surface area (Å²) in [5.41, 5.74) is 1.59. The number of phenolic OH excluding ortho intramolecular Hbond substituents is 1. The van der Waals surface area contributed by atoms with Crippen LogP contribution in [0.15, 0.2) is 24.3 Å². The van der Waals surface area contributed by atoms with E-state index in [0.29, 0.717) is 12.0 Å². The molecule has 0 unspecified atom stereocenters. The van der Waals surface area contributed by atoms with E-state index in [1.807, 2.05) is 17.0 Å². The second kappa shape index (κ2) is 8.09. The highest BCUT2D eigenvalue weighted by Crippen LogP contribution is 2.40. The molecule has 138 valence electrons. The van der Waals surface area contributed by atoms with Gasteiger partial charge in [0.05, 0.1) is 0 Å². The minimum Gasteiger partial charge on any atom is -0.508 e. The van der Waals surface area contributed by atoms with E-state index in [2.05, 4.69) is 17.3 Å². The van der Waals surface area contributed by atoms with Gasteiger partial charge in [0.1, 0.15) is 5.75 Å². The summed E-state index contributed by atoms with van der Waals surface area (Å²) in [5, 5.41) is 12.3. The molecular weight excluding hydrogens is 314 g/mol. The van der Waals surface area contributed by atoms with Gasteiger partial charge in [-0.1, -0.05) is 12.1 Å². The number of amides is 2. The van der Waals surface area contributed by atoms with Crippen molar-refractivity contribution in [3.63, 3.8) is 0 Å². The topological polar surface area (TPSA) is 55.8 Å². The Labute approximate surface area is 151 Å². The third-order valence-corrected chi connectivity index (χ3v) is 6.01. The average molecular weight is 345 g/mol. The van der Waals surface area contributed by atoms with Crippen LogP contribution in [-0.4, -0.2) is 60.7 Å². The number of carbonyl (C=O) groups is 1. The fourth-order valence-corrected chi connectivity index (χ4v) is 4.16. The van der Waals surface area contributed by atoms with Gasteiger partial charge in [-0.05, 0) is 81.8 Å². The summed E-state index contributed by atoms with van der Waals surface area (Å²) >= 11 is 0. The molecule has 1 aromatic rings. The predicted octanol–water partition coefficient (Wildman–Crippen LogP) is 2.84. The summed E-state index contributed by atoms with van der Waals surface area (Å²) in [6, 6.07) is 7.24. The standard InChI is InChI=1S/C20H31N3O2/c1-22-13-2-8-20(9-14-22)10-15-23(16-11-20)19(25)21-12-7-17-3-5-18(24)6-4-17/h3-6,24H,2,7-16H2,1H3,(H,21,25). The second-order valence-electron chi connectivity index (χ2n) is 7.79. The van der Waals surface area contributed by atoms with Crippen LogP contribution in [0.25, 0.3) is 0 Å². The quantitative estimate of drug-likeness (QED) is 0.886. The molecule has 25 heavy (non-hydrogen) atoms. The number of likely N-dealkylation sites (tertiary alicyclic amines) is 2. The van der Waals surface area contributed by atoms with Gasteiger partial charge < -0.3 is 20.2 Å². The zero-order valence-corrected chi connectivity index (χ0v) is 15.3. The first-order valence-electron chi connectivity index (χ1n) is 9.56. The summed E-state index contributed by atoms with van der Waals surface area (Å²) < 4.78 is 0. The molecule has 2 saturated heterocycles. The lowest BCUT2D eigenvalue weighted by atomic mass is 9.73. The van der Waals surface area contributed by atoms with E-state index in [0.717, 1.165) is 37.9 Å². The highest BCUT2D eigenvalue weighted by Gasteiger charge is 2.36. The lowest BCUT2D eigenvalue weighted by Crippen LogP contribution is -2.48. The SMILES string of the molecule is CN1CCCC2(CC1)CCN(C(=O)NCCc1ccc(O)cc1)CC2. The van der Waals surface area contributed by atoms with E-state index in [1.165, 1.54) is 32.4 Å². The molecule has 0 aliphatic carbocycles. The number of nitrogens with zero attached hydrogens (tertiary/aromatic N) is 2. The van der Waals surface area contributed by atoms with E-state index in [4.69, 9.17) is 0 Å². The molecule has 5 heteroatoms. The van der Waals surface area contributed by atoms with Gasteiger partial charge in [0.15, 0.2) is 0 Å². The largest absolute Gasteiger partial charge is 0.508 e. The Hall–Kier alpha value is -1.75. The van der Waals surface area contributed by atoms with Crippen molar-refractivity contribution >= 4 is 6.03 Å². The van der Waals surface area contributed by atoms with Gasteiger partial charge in [0.2, 0.25) is 0 Å². The van der Waals surface area contributed by atoms with E-state index in [9.17, 15) is 9.90 Å². The maximum Gasteiger partial charge on any atom is 0.317 e. The first-order valence-corrected chi connectivity index (χ1v) is 9.56. The molecule has 0 bridgehead atoms. The molecule has 2 amide bonds. The number of phenols is 1. The third-order valence-electron chi connectivity index (χ3n) is 6.01. The van der Waals surface area contributed by atoms with E-state index in [1.54, 1.807) is 12.1 Å². The van der Waals surface area contributed by atoms with Crippen molar-refractivity contribution in [2.24, 2.45) is 5.41 Å². The monoisotopic (exact) mass is 345 g/mol. The fraction of sp³-hybridized carbons (Fsp3) is 0.650. The van der Waals surface area contributed by atoms with Gasteiger partial charge in [-0.15, -0.1) is 0 Å². The number of benzene rings is 1. The van der Waals surface area contributed by atoms with Crippen LogP contribution in [0, 0.1) is 5.41 Å². The summed E-state index contributed by atoms with van der Waals surface area (Å²) in [6.45, 7) is 4.81. The Bertz CT molecular complexity index is 565. The number of hydrogen-bond donors (Lipinski definition) is 2. The van der Waals surface area contributed by atoms with E-state index < -0.39 is 0 Å². The van der Waals surface area contributed by atoms with Gasteiger partial charge in [-0.3, -0.25) is 0 Å². The van der Waals surface area contributed by atoms with Gasteiger partial charge in [0.25, 0.3) is 0 Å². The van der Waals surface area contributed by atoms with Gasteiger partial charge in [0, 0.05) is 19.6 Å². The molecule has 2 fully saturated rings. The maximum absolute atomic E-state index is 12.4. The highest BCUT2D eigenvalue weighted by atomic mass is 16.3. The first kappa shape index (κ1) is 18.1. The maximum atomic E-state index is 12.4. The van der Waals surface area contributed by atoms with Crippen molar-refractivity contribution in [2.45, 2.75) is 38.5 Å². The molecule has 2 N–H and O–H groups in total. The molecule has 0 atom stereocenters. The molecule has 1 spiro atoms. The number of hydrogen-bond acceptors (Lipinski definition) is 3. The number of carbonyl (C=O) groups excluding carboxylic acids is 1. The number of aromatic hydroxyl groups is 1. The summed E-state index contributed by atoms with van der Waals surface area (Å²) in [4.78, 5) is 16.8. The molecule has 0 saturated carbocycles. The lowest BCUT2D eigenvalue weighted by molar-refractivity contribution is 0.103. The van der Waals surface area contributed by atoms with Crippen LogP contribution in [0.2, 0.25) is 0 Å². The van der Waals surface area contributed by atoms with E-state index >= 15 is 0 Å². The van der Waals surface area contributed by atoms with Gasteiger partial charge in [-0.2, -0.15) is 0 Å². The lowest BCUT2D eigenvalue weighted by Gasteiger charge is -2.41. The van der Waals surface area contributed by atoms with Gasteiger partial charge in [-0.25, -0.2) is 4.79 Å². The Balaban J connectivity index is 1.41. The fourth-order valence-electron chi connectivity index (χ4n) is 4.16. The summed E-state index contributed by atoms with van der Waals surface area (Å²) in [7, 11) is 2.22. The smallest absolute Gasteiger partial charge is 0.317 e. The zero-order valence-electron chi connectivity index (χ0n) is 15.3. The normalized spacial score (nSPS) is 21.1. The molecule has 1 aromatic carbocycles. The number of rotatable bonds is 3. The molecule has 2 aliphatic heterocycles. The van der Waals surface area contributed by atoms with Crippen LogP contribution in [0.5, 0.6) is 5.75 Å². The minimum atomic E-state index is 0.0689. The van der Waals surface area contributed by atoms with Crippen LogP contribution >= 0.6 is 0 Å². The van der Waals surface area contributed by atoms with Crippen molar-refractivity contribution in [3.05, 3.63) is 29.8 Å². The van der Waals surface area contributed by atoms with Gasteiger partial charge >= 0.3 is 6.03 Å².